The molecule has 0 bridgehead atoms. The maximum atomic E-state index is 13.1. The number of phenols is 1. The third-order valence-electron chi connectivity index (χ3n) is 2.54. The summed E-state index contributed by atoms with van der Waals surface area (Å²) in [6, 6.07) is 2.08. The lowest BCUT2D eigenvalue weighted by Gasteiger charge is -2.22. The van der Waals surface area contributed by atoms with Gasteiger partial charge in [-0.05, 0) is 44.9 Å². The third-order valence-corrected chi connectivity index (χ3v) is 2.54. The van der Waals surface area contributed by atoms with Crippen LogP contribution in [0.3, 0.4) is 0 Å². The van der Waals surface area contributed by atoms with Gasteiger partial charge in [-0.2, -0.15) is 4.39 Å². The normalized spacial score (nSPS) is 11.4. The molecule has 1 aromatic rings. The number of carbonyl (C=O) groups is 1. The molecule has 0 atom stereocenters. The van der Waals surface area contributed by atoms with Crippen molar-refractivity contribution in [2.24, 2.45) is 5.41 Å². The minimum atomic E-state index is -1.28. The summed E-state index contributed by atoms with van der Waals surface area (Å²) in [4.78, 5) is 11.7. The molecule has 0 saturated carbocycles. The number of hydrogen-bond acceptors (Lipinski definition) is 3. The Morgan fingerprint density at radius 1 is 1.39 bits per heavy atom. The first-order chi connectivity index (χ1) is 8.27. The van der Waals surface area contributed by atoms with E-state index in [1.165, 1.54) is 0 Å². The summed E-state index contributed by atoms with van der Waals surface area (Å²) in [6.45, 7) is 5.23. The van der Waals surface area contributed by atoms with Crippen LogP contribution >= 0.6 is 0 Å². The van der Waals surface area contributed by atoms with Crippen molar-refractivity contribution in [3.63, 3.8) is 0 Å². The van der Waals surface area contributed by atoms with Gasteiger partial charge in [0, 0.05) is 0 Å². The van der Waals surface area contributed by atoms with Crippen LogP contribution in [0.4, 0.5) is 8.78 Å². The van der Waals surface area contributed by atoms with Crippen molar-refractivity contribution in [3.8, 4) is 5.75 Å². The van der Waals surface area contributed by atoms with Gasteiger partial charge in [-0.1, -0.05) is 0 Å². The first-order valence-electron chi connectivity index (χ1n) is 5.62. The molecule has 0 unspecified atom stereocenters. The van der Waals surface area contributed by atoms with Crippen molar-refractivity contribution in [1.82, 2.24) is 0 Å². The molecular weight excluding hydrogens is 242 g/mol. The van der Waals surface area contributed by atoms with Gasteiger partial charge in [-0.3, -0.25) is 4.79 Å². The van der Waals surface area contributed by atoms with E-state index in [9.17, 15) is 18.7 Å². The van der Waals surface area contributed by atoms with E-state index in [2.05, 4.69) is 0 Å². The van der Waals surface area contributed by atoms with E-state index in [0.29, 0.717) is 5.56 Å². The van der Waals surface area contributed by atoms with Crippen LogP contribution in [0.1, 0.15) is 26.3 Å². The van der Waals surface area contributed by atoms with Crippen LogP contribution in [0.5, 0.6) is 5.75 Å². The average Bonchev–Trinajstić information content (AvgIpc) is 2.25. The summed E-state index contributed by atoms with van der Waals surface area (Å²) in [6.07, 6.45) is 0.149. The molecule has 1 rings (SSSR count). The fourth-order valence-corrected chi connectivity index (χ4v) is 1.64. The zero-order valence-corrected chi connectivity index (χ0v) is 10.6. The monoisotopic (exact) mass is 258 g/mol. The van der Waals surface area contributed by atoms with Crippen molar-refractivity contribution >= 4 is 5.97 Å². The summed E-state index contributed by atoms with van der Waals surface area (Å²) in [7, 11) is 0. The predicted molar refractivity (Wildman–Crippen MR) is 62.1 cm³/mol. The van der Waals surface area contributed by atoms with Gasteiger partial charge < -0.3 is 9.84 Å². The highest BCUT2D eigenvalue weighted by atomic mass is 19.2. The molecule has 0 fully saturated rings. The highest BCUT2D eigenvalue weighted by molar-refractivity contribution is 5.76. The van der Waals surface area contributed by atoms with Crippen LogP contribution < -0.4 is 0 Å². The number of ether oxygens (including phenoxy) is 1. The highest BCUT2D eigenvalue weighted by Crippen LogP contribution is 2.28. The molecule has 1 aromatic carbocycles. The van der Waals surface area contributed by atoms with Crippen LogP contribution in [-0.4, -0.2) is 17.7 Å². The zero-order chi connectivity index (χ0) is 13.9. The number of phenolic OH excluding ortho intramolecular Hbond substituents is 1. The smallest absolute Gasteiger partial charge is 0.311 e. The molecule has 1 N–H and O–H groups in total. The predicted octanol–water partition coefficient (Wildman–Crippen LogP) is 2.80. The number of halogens is 2. The van der Waals surface area contributed by atoms with Crippen LogP contribution in [0.25, 0.3) is 0 Å². The molecule has 100 valence electrons. The molecule has 0 spiro atoms. The number of hydrogen-bond donors (Lipinski definition) is 1. The lowest BCUT2D eigenvalue weighted by atomic mass is 9.85. The summed E-state index contributed by atoms with van der Waals surface area (Å²) in [5, 5.41) is 9.19. The molecule has 3 nitrogen and oxygen atoms in total. The Hall–Kier alpha value is -1.65. The van der Waals surface area contributed by atoms with Crippen molar-refractivity contribution in [2.45, 2.75) is 27.2 Å². The Labute approximate surface area is 104 Å². The number of carbonyl (C=O) groups excluding carboxylic acids is 1. The lowest BCUT2D eigenvalue weighted by molar-refractivity contribution is -0.153. The first-order valence-corrected chi connectivity index (χ1v) is 5.62. The van der Waals surface area contributed by atoms with Gasteiger partial charge in [0.05, 0.1) is 12.0 Å². The molecule has 18 heavy (non-hydrogen) atoms. The van der Waals surface area contributed by atoms with E-state index in [4.69, 9.17) is 4.74 Å². The Morgan fingerprint density at radius 2 is 2.00 bits per heavy atom. The minimum absolute atomic E-state index is 0.149. The van der Waals surface area contributed by atoms with Gasteiger partial charge in [-0.15, -0.1) is 0 Å². The summed E-state index contributed by atoms with van der Waals surface area (Å²) in [5.41, 5.74) is -0.531. The standard InChI is InChI=1S/C13H16F2O3/c1-4-18-12(17)13(2,3)7-8-5-9(14)11(15)10(16)6-8/h5-6,16H,4,7H2,1-3H3. The molecule has 0 aromatic heterocycles. The van der Waals surface area contributed by atoms with Gasteiger partial charge in [0.15, 0.2) is 17.4 Å². The van der Waals surface area contributed by atoms with E-state index in [-0.39, 0.29) is 13.0 Å². The van der Waals surface area contributed by atoms with E-state index in [1.807, 2.05) is 0 Å². The zero-order valence-electron chi connectivity index (χ0n) is 10.6. The Bertz CT molecular complexity index is 433. The number of aromatic hydroxyl groups is 1. The Balaban J connectivity index is 2.94. The minimum Gasteiger partial charge on any atom is -0.505 e. The Morgan fingerprint density at radius 3 is 2.50 bits per heavy atom. The first kappa shape index (κ1) is 14.4. The second-order valence-electron chi connectivity index (χ2n) is 4.69. The van der Waals surface area contributed by atoms with E-state index < -0.39 is 28.8 Å². The molecule has 0 amide bonds. The quantitative estimate of drug-likeness (QED) is 0.845. The number of esters is 1. The molecular formula is C13H16F2O3. The van der Waals surface area contributed by atoms with Gasteiger partial charge in [-0.25, -0.2) is 4.39 Å². The Kier molecular flexibility index (Phi) is 4.27. The van der Waals surface area contributed by atoms with Crippen LogP contribution in [0.2, 0.25) is 0 Å². The van der Waals surface area contributed by atoms with Crippen molar-refractivity contribution < 1.29 is 23.4 Å². The second-order valence-corrected chi connectivity index (χ2v) is 4.69. The van der Waals surface area contributed by atoms with E-state index in [1.54, 1.807) is 20.8 Å². The van der Waals surface area contributed by atoms with Crippen LogP contribution in [-0.2, 0) is 16.0 Å². The molecule has 0 aliphatic rings. The molecule has 0 aliphatic heterocycles. The summed E-state index contributed by atoms with van der Waals surface area (Å²) in [5.74, 6) is -3.60. The maximum absolute atomic E-state index is 13.1. The van der Waals surface area contributed by atoms with E-state index in [0.717, 1.165) is 12.1 Å². The summed E-state index contributed by atoms with van der Waals surface area (Å²) < 4.78 is 30.9. The van der Waals surface area contributed by atoms with Crippen molar-refractivity contribution in [1.29, 1.82) is 0 Å². The maximum Gasteiger partial charge on any atom is 0.311 e. The molecule has 0 aliphatic carbocycles. The number of benzene rings is 1. The van der Waals surface area contributed by atoms with Gasteiger partial charge in [0.1, 0.15) is 0 Å². The second kappa shape index (κ2) is 5.33. The van der Waals surface area contributed by atoms with Crippen molar-refractivity contribution in [2.75, 3.05) is 6.61 Å². The summed E-state index contributed by atoms with van der Waals surface area (Å²) >= 11 is 0. The van der Waals surface area contributed by atoms with Gasteiger partial charge >= 0.3 is 5.97 Å². The topological polar surface area (TPSA) is 46.5 Å². The van der Waals surface area contributed by atoms with Gasteiger partial charge in [0.2, 0.25) is 0 Å². The lowest BCUT2D eigenvalue weighted by Crippen LogP contribution is -2.29. The fraction of sp³-hybridized carbons (Fsp3) is 0.462. The van der Waals surface area contributed by atoms with Gasteiger partial charge in [0.25, 0.3) is 0 Å². The number of rotatable bonds is 4. The van der Waals surface area contributed by atoms with Crippen LogP contribution in [0.15, 0.2) is 12.1 Å². The average molecular weight is 258 g/mol. The molecule has 0 saturated heterocycles. The molecule has 0 radical (unpaired) electrons. The molecule has 5 heteroatoms. The molecule has 0 heterocycles. The fourth-order valence-electron chi connectivity index (χ4n) is 1.64. The van der Waals surface area contributed by atoms with Crippen LogP contribution in [0, 0.1) is 17.0 Å². The largest absolute Gasteiger partial charge is 0.505 e. The highest BCUT2D eigenvalue weighted by Gasteiger charge is 2.30. The van der Waals surface area contributed by atoms with E-state index >= 15 is 0 Å². The van der Waals surface area contributed by atoms with Crippen molar-refractivity contribution in [3.05, 3.63) is 29.3 Å². The SMILES string of the molecule is CCOC(=O)C(C)(C)Cc1cc(O)c(F)c(F)c1. The third kappa shape index (κ3) is 3.18.